The van der Waals surface area contributed by atoms with E-state index >= 15 is 0 Å². The van der Waals surface area contributed by atoms with Gasteiger partial charge in [0.25, 0.3) is 5.22 Å². The zero-order chi connectivity index (χ0) is 20.8. The van der Waals surface area contributed by atoms with Crippen LogP contribution in [-0.4, -0.2) is 28.0 Å². The van der Waals surface area contributed by atoms with Crippen LogP contribution in [0.3, 0.4) is 0 Å². The molecule has 3 rings (SSSR count). The Morgan fingerprint density at radius 1 is 1.14 bits per heavy atom. The SMILES string of the molecule is CCOc1ccc(-c2nnc(SC(C)C(=O)NC(C)c3ccc(F)cc3)o2)cc1. The summed E-state index contributed by atoms with van der Waals surface area (Å²) in [6, 6.07) is 13.2. The van der Waals surface area contributed by atoms with Crippen molar-refractivity contribution in [2.45, 2.75) is 37.3 Å². The second kappa shape index (κ2) is 9.56. The Hall–Kier alpha value is -2.87. The van der Waals surface area contributed by atoms with E-state index in [0.717, 1.165) is 16.9 Å². The molecule has 1 heterocycles. The van der Waals surface area contributed by atoms with Gasteiger partial charge in [0.05, 0.1) is 17.9 Å². The maximum Gasteiger partial charge on any atom is 0.277 e. The van der Waals surface area contributed by atoms with Gasteiger partial charge in [0, 0.05) is 5.56 Å². The Labute approximate surface area is 172 Å². The molecule has 2 aromatic carbocycles. The van der Waals surface area contributed by atoms with Gasteiger partial charge in [-0.3, -0.25) is 4.79 Å². The van der Waals surface area contributed by atoms with Crippen molar-refractivity contribution >= 4 is 17.7 Å². The van der Waals surface area contributed by atoms with Crippen molar-refractivity contribution in [3.05, 3.63) is 59.9 Å². The molecule has 2 atom stereocenters. The molecule has 1 aromatic heterocycles. The van der Waals surface area contributed by atoms with Crippen LogP contribution in [0.2, 0.25) is 0 Å². The molecule has 0 fully saturated rings. The first-order valence-corrected chi connectivity index (χ1v) is 10.1. The number of halogens is 1. The van der Waals surface area contributed by atoms with E-state index in [9.17, 15) is 9.18 Å². The molecule has 3 aromatic rings. The lowest BCUT2D eigenvalue weighted by Crippen LogP contribution is -2.33. The van der Waals surface area contributed by atoms with E-state index in [2.05, 4.69) is 15.5 Å². The van der Waals surface area contributed by atoms with Gasteiger partial charge in [-0.05, 0) is 62.7 Å². The van der Waals surface area contributed by atoms with E-state index in [1.807, 2.05) is 38.1 Å². The summed E-state index contributed by atoms with van der Waals surface area (Å²) in [5.41, 5.74) is 1.60. The Balaban J connectivity index is 1.58. The van der Waals surface area contributed by atoms with E-state index in [-0.39, 0.29) is 17.8 Å². The molecule has 1 N–H and O–H groups in total. The smallest absolute Gasteiger partial charge is 0.277 e. The van der Waals surface area contributed by atoms with E-state index < -0.39 is 5.25 Å². The molecule has 0 aliphatic rings. The third-order valence-electron chi connectivity index (χ3n) is 4.19. The van der Waals surface area contributed by atoms with Crippen molar-refractivity contribution < 1.29 is 18.3 Å². The predicted molar refractivity (Wildman–Crippen MR) is 109 cm³/mol. The van der Waals surface area contributed by atoms with Gasteiger partial charge in [0.1, 0.15) is 11.6 Å². The summed E-state index contributed by atoms with van der Waals surface area (Å²) >= 11 is 1.18. The largest absolute Gasteiger partial charge is 0.494 e. The average molecular weight is 415 g/mol. The van der Waals surface area contributed by atoms with Crippen LogP contribution < -0.4 is 10.1 Å². The van der Waals surface area contributed by atoms with Gasteiger partial charge in [-0.1, -0.05) is 23.9 Å². The number of carbonyl (C=O) groups is 1. The maximum absolute atomic E-state index is 13.0. The molecule has 8 heteroatoms. The number of thioether (sulfide) groups is 1. The lowest BCUT2D eigenvalue weighted by atomic mass is 10.1. The molecule has 6 nitrogen and oxygen atoms in total. The molecule has 29 heavy (non-hydrogen) atoms. The van der Waals surface area contributed by atoms with Crippen LogP contribution in [-0.2, 0) is 4.79 Å². The molecule has 152 valence electrons. The minimum absolute atomic E-state index is 0.173. The molecule has 2 unspecified atom stereocenters. The quantitative estimate of drug-likeness (QED) is 0.541. The molecule has 1 amide bonds. The molecule has 0 aliphatic carbocycles. The highest BCUT2D eigenvalue weighted by Gasteiger charge is 2.20. The minimum Gasteiger partial charge on any atom is -0.494 e. The fourth-order valence-electron chi connectivity index (χ4n) is 2.60. The molecule has 0 saturated carbocycles. The van der Waals surface area contributed by atoms with Crippen LogP contribution in [0.1, 0.15) is 32.4 Å². The highest BCUT2D eigenvalue weighted by atomic mass is 32.2. The molecule has 0 aliphatic heterocycles. The van der Waals surface area contributed by atoms with Gasteiger partial charge in [-0.25, -0.2) is 4.39 Å². The fraction of sp³-hybridized carbons (Fsp3) is 0.286. The number of rotatable bonds is 8. The summed E-state index contributed by atoms with van der Waals surface area (Å²) in [6.07, 6.45) is 0. The number of carbonyl (C=O) groups excluding carboxylic acids is 1. The second-order valence-corrected chi connectivity index (χ2v) is 7.66. The topological polar surface area (TPSA) is 77.2 Å². The number of hydrogen-bond acceptors (Lipinski definition) is 6. The van der Waals surface area contributed by atoms with Crippen LogP contribution in [0.5, 0.6) is 5.75 Å². The van der Waals surface area contributed by atoms with Crippen LogP contribution in [0, 0.1) is 5.82 Å². The van der Waals surface area contributed by atoms with E-state index in [0.29, 0.717) is 17.7 Å². The Morgan fingerprint density at radius 3 is 2.48 bits per heavy atom. The van der Waals surface area contributed by atoms with Gasteiger partial charge < -0.3 is 14.5 Å². The zero-order valence-electron chi connectivity index (χ0n) is 16.4. The lowest BCUT2D eigenvalue weighted by Gasteiger charge is -2.16. The predicted octanol–water partition coefficient (Wildman–Crippen LogP) is 4.63. The van der Waals surface area contributed by atoms with Gasteiger partial charge in [-0.15, -0.1) is 10.2 Å². The van der Waals surface area contributed by atoms with Gasteiger partial charge >= 0.3 is 0 Å². The standard InChI is InChI=1S/C21H22FN3O3S/c1-4-27-18-11-7-16(8-12-18)20-24-25-21(28-20)29-14(3)19(26)23-13(2)15-5-9-17(22)10-6-15/h5-14H,4H2,1-3H3,(H,23,26). The highest BCUT2D eigenvalue weighted by Crippen LogP contribution is 2.27. The first-order chi connectivity index (χ1) is 14.0. The number of benzene rings is 2. The molecule has 0 saturated heterocycles. The van der Waals surface area contributed by atoms with Crippen molar-refractivity contribution in [1.29, 1.82) is 0 Å². The number of ether oxygens (including phenoxy) is 1. The number of amides is 1. The number of hydrogen-bond donors (Lipinski definition) is 1. The number of nitrogens with zero attached hydrogens (tertiary/aromatic N) is 2. The zero-order valence-corrected chi connectivity index (χ0v) is 17.2. The van der Waals surface area contributed by atoms with E-state index in [1.165, 1.54) is 23.9 Å². The Morgan fingerprint density at radius 2 is 1.83 bits per heavy atom. The first kappa shape index (κ1) is 20.9. The van der Waals surface area contributed by atoms with Crippen molar-refractivity contribution in [2.24, 2.45) is 0 Å². The van der Waals surface area contributed by atoms with Crippen molar-refractivity contribution in [2.75, 3.05) is 6.61 Å². The van der Waals surface area contributed by atoms with Crippen molar-refractivity contribution in [3.63, 3.8) is 0 Å². The second-order valence-electron chi connectivity index (χ2n) is 6.37. The Bertz CT molecular complexity index is 945. The summed E-state index contributed by atoms with van der Waals surface area (Å²) in [4.78, 5) is 12.5. The van der Waals surface area contributed by atoms with Crippen molar-refractivity contribution in [3.8, 4) is 17.2 Å². The van der Waals surface area contributed by atoms with Gasteiger partial charge in [0.15, 0.2) is 0 Å². The third-order valence-corrected chi connectivity index (χ3v) is 5.13. The van der Waals surface area contributed by atoms with Crippen LogP contribution in [0.25, 0.3) is 11.5 Å². The molecule has 0 radical (unpaired) electrons. The molecular formula is C21H22FN3O3S. The first-order valence-electron chi connectivity index (χ1n) is 9.25. The summed E-state index contributed by atoms with van der Waals surface area (Å²) in [5, 5.41) is 10.8. The summed E-state index contributed by atoms with van der Waals surface area (Å²) in [7, 11) is 0. The molecular weight excluding hydrogens is 393 g/mol. The average Bonchev–Trinajstić information content (AvgIpc) is 3.17. The van der Waals surface area contributed by atoms with E-state index in [4.69, 9.17) is 9.15 Å². The highest BCUT2D eigenvalue weighted by molar-refractivity contribution is 8.00. The van der Waals surface area contributed by atoms with E-state index in [1.54, 1.807) is 19.1 Å². The number of aromatic nitrogens is 2. The minimum atomic E-state index is -0.438. The Kier molecular flexibility index (Phi) is 6.87. The van der Waals surface area contributed by atoms with Gasteiger partial charge in [-0.2, -0.15) is 0 Å². The van der Waals surface area contributed by atoms with Crippen LogP contribution >= 0.6 is 11.8 Å². The molecule has 0 spiro atoms. The lowest BCUT2D eigenvalue weighted by molar-refractivity contribution is -0.120. The third kappa shape index (κ3) is 5.57. The normalized spacial score (nSPS) is 13.0. The van der Waals surface area contributed by atoms with Crippen LogP contribution in [0.4, 0.5) is 4.39 Å². The maximum atomic E-state index is 13.0. The number of nitrogens with one attached hydrogen (secondary N) is 1. The summed E-state index contributed by atoms with van der Waals surface area (Å²) < 4.78 is 24.1. The van der Waals surface area contributed by atoms with Gasteiger partial charge in [0.2, 0.25) is 11.8 Å². The van der Waals surface area contributed by atoms with Crippen molar-refractivity contribution in [1.82, 2.24) is 15.5 Å². The fourth-order valence-corrected chi connectivity index (χ4v) is 3.30. The van der Waals surface area contributed by atoms with Crippen LogP contribution in [0.15, 0.2) is 58.2 Å². The summed E-state index contributed by atoms with van der Waals surface area (Å²) in [5.74, 6) is 0.664. The monoisotopic (exact) mass is 415 g/mol. The summed E-state index contributed by atoms with van der Waals surface area (Å²) in [6.45, 7) is 6.13. The molecule has 0 bridgehead atoms.